The maximum Gasteiger partial charge on any atom is 0.280 e. The third kappa shape index (κ3) is 3.81. The minimum Gasteiger partial charge on any atom is -0.365 e. The monoisotopic (exact) mass is 360 g/mol. The summed E-state index contributed by atoms with van der Waals surface area (Å²) in [6.45, 7) is 0. The lowest BCUT2D eigenvalue weighted by Gasteiger charge is -2.18. The van der Waals surface area contributed by atoms with Gasteiger partial charge in [-0.05, 0) is 41.3 Å². The molecule has 0 saturated heterocycles. The first-order valence-corrected chi connectivity index (χ1v) is 7.55. The van der Waals surface area contributed by atoms with Crippen LogP contribution in [0.1, 0.15) is 21.5 Å². The van der Waals surface area contributed by atoms with Crippen molar-refractivity contribution in [1.82, 2.24) is 4.72 Å². The molecule has 0 unspecified atom stereocenters. The Kier molecular flexibility index (Phi) is 5.73. The van der Waals surface area contributed by atoms with E-state index in [-0.39, 0.29) is 12.4 Å². The second-order valence-electron chi connectivity index (χ2n) is 4.75. The van der Waals surface area contributed by atoms with Crippen molar-refractivity contribution >= 4 is 48.0 Å². The summed E-state index contributed by atoms with van der Waals surface area (Å²) in [6, 6.07) is 15.1. The number of nitroso groups, excluding NO2 is 1. The highest BCUT2D eigenvalue weighted by atomic mass is 35.5. The number of halogens is 1. The van der Waals surface area contributed by atoms with Gasteiger partial charge < -0.3 is 10.5 Å². The van der Waals surface area contributed by atoms with Crippen molar-refractivity contribution in [2.75, 3.05) is 0 Å². The Morgan fingerprint density at radius 1 is 1.12 bits per heavy atom. The summed E-state index contributed by atoms with van der Waals surface area (Å²) < 4.78 is 3.25. The van der Waals surface area contributed by atoms with Gasteiger partial charge in [-0.3, -0.25) is 4.79 Å². The largest absolute Gasteiger partial charge is 0.365 e. The minimum absolute atomic E-state index is 0. The number of benzene rings is 2. The zero-order valence-corrected chi connectivity index (χ0v) is 13.9. The molecular weight excluding hydrogens is 348 g/mol. The predicted molar refractivity (Wildman–Crippen MR) is 98.7 cm³/mol. The predicted octanol–water partition coefficient (Wildman–Crippen LogP) is 3.44. The summed E-state index contributed by atoms with van der Waals surface area (Å²) in [6.07, 6.45) is 2.01. The van der Waals surface area contributed by atoms with Crippen LogP contribution in [0.4, 0.5) is 0 Å². The molecule has 0 aromatic heterocycles. The van der Waals surface area contributed by atoms with Crippen molar-refractivity contribution < 1.29 is 4.79 Å². The summed E-state index contributed by atoms with van der Waals surface area (Å²) in [4.78, 5) is 26.4. The van der Waals surface area contributed by atoms with Gasteiger partial charge in [0.1, 0.15) is 0 Å². The van der Waals surface area contributed by atoms with E-state index >= 15 is 0 Å². The van der Waals surface area contributed by atoms with Gasteiger partial charge in [-0.15, -0.1) is 17.3 Å². The third-order valence-corrected chi connectivity index (χ3v) is 4.12. The van der Waals surface area contributed by atoms with Crippen LogP contribution in [0, 0.1) is 4.91 Å². The smallest absolute Gasteiger partial charge is 0.280 e. The van der Waals surface area contributed by atoms with Crippen LogP contribution in [0.15, 0.2) is 63.6 Å². The van der Waals surface area contributed by atoms with Crippen LogP contribution in [0.2, 0.25) is 0 Å². The summed E-state index contributed by atoms with van der Waals surface area (Å²) in [5.41, 5.74) is 8.58. The highest BCUT2D eigenvalue weighted by Crippen LogP contribution is 2.32. The molecule has 24 heavy (non-hydrogen) atoms. The van der Waals surface area contributed by atoms with E-state index in [2.05, 4.69) is 14.9 Å². The number of carbonyl (C=O) groups excluding carboxylic acids is 1. The van der Waals surface area contributed by atoms with Crippen LogP contribution in [0.25, 0.3) is 11.8 Å². The van der Waals surface area contributed by atoms with Gasteiger partial charge in [0, 0.05) is 15.6 Å². The number of hydrogen-bond donors (Lipinski definition) is 2. The number of nitrogens with one attached hydrogen (secondary N) is 1. The van der Waals surface area contributed by atoms with E-state index in [4.69, 9.17) is 5.73 Å². The van der Waals surface area contributed by atoms with E-state index in [0.29, 0.717) is 5.56 Å². The molecule has 1 amide bonds. The Labute approximate surface area is 148 Å². The molecule has 0 spiro atoms. The standard InChI is InChI=1S/C16H12N4O2S.ClH/c17-16(19-22)18-15(21)12-7-6-11-8-13(20-23-14(11)9-12)10-4-2-1-3-5-10;/h1-9,20H,(H2,17,18,21);1H. The zero-order chi connectivity index (χ0) is 16.2. The SMILES string of the molecule is Cl.NC(N=O)=NC(=O)c1ccc2c(c1)SNC(c1ccccc1)=C2. The van der Waals surface area contributed by atoms with Crippen molar-refractivity contribution in [1.29, 1.82) is 0 Å². The third-order valence-electron chi connectivity index (χ3n) is 3.23. The molecule has 3 N–H and O–H groups in total. The highest BCUT2D eigenvalue weighted by Gasteiger charge is 2.15. The summed E-state index contributed by atoms with van der Waals surface area (Å²) in [5, 5.41) is 2.41. The molecular formula is C16H13ClN4O2S. The lowest BCUT2D eigenvalue weighted by molar-refractivity contribution is 0.100. The first kappa shape index (κ1) is 17.7. The lowest BCUT2D eigenvalue weighted by Crippen LogP contribution is -2.11. The van der Waals surface area contributed by atoms with Gasteiger partial charge in [-0.2, -0.15) is 4.99 Å². The van der Waals surface area contributed by atoms with E-state index in [9.17, 15) is 9.70 Å². The van der Waals surface area contributed by atoms with Crippen LogP contribution in [-0.2, 0) is 0 Å². The van der Waals surface area contributed by atoms with Crippen molar-refractivity contribution in [3.63, 3.8) is 0 Å². The van der Waals surface area contributed by atoms with E-state index < -0.39 is 11.9 Å². The molecule has 2 aromatic carbocycles. The first-order chi connectivity index (χ1) is 11.2. The fraction of sp³-hybridized carbons (Fsp3) is 0. The van der Waals surface area contributed by atoms with Gasteiger partial charge in [0.25, 0.3) is 11.9 Å². The maximum absolute atomic E-state index is 11.9. The molecule has 122 valence electrons. The van der Waals surface area contributed by atoms with Gasteiger partial charge in [-0.25, -0.2) is 0 Å². The maximum atomic E-state index is 11.9. The number of nitrogens with two attached hydrogens (primary N) is 1. The summed E-state index contributed by atoms with van der Waals surface area (Å²) in [5.74, 6) is -1.17. The van der Waals surface area contributed by atoms with Crippen LogP contribution in [-0.4, -0.2) is 11.9 Å². The molecule has 0 bridgehead atoms. The van der Waals surface area contributed by atoms with Crippen molar-refractivity contribution in [2.24, 2.45) is 15.9 Å². The number of fused-ring (bicyclic) bond motifs is 1. The fourth-order valence-electron chi connectivity index (χ4n) is 2.12. The molecule has 1 aliphatic heterocycles. The number of hydrogen-bond acceptors (Lipinski definition) is 4. The molecule has 1 heterocycles. The number of guanidine groups is 1. The summed E-state index contributed by atoms with van der Waals surface area (Å²) >= 11 is 1.41. The first-order valence-electron chi connectivity index (χ1n) is 6.73. The molecule has 0 atom stereocenters. The Morgan fingerprint density at radius 3 is 2.58 bits per heavy atom. The van der Waals surface area contributed by atoms with Gasteiger partial charge in [0.2, 0.25) is 0 Å². The second-order valence-corrected chi connectivity index (χ2v) is 5.60. The van der Waals surface area contributed by atoms with Crippen LogP contribution in [0.3, 0.4) is 0 Å². The molecule has 0 saturated carbocycles. The van der Waals surface area contributed by atoms with Crippen molar-refractivity contribution in [2.45, 2.75) is 4.90 Å². The highest BCUT2D eigenvalue weighted by molar-refractivity contribution is 7.97. The molecule has 6 nitrogen and oxygen atoms in total. The quantitative estimate of drug-likeness (QED) is 0.370. The van der Waals surface area contributed by atoms with E-state index in [1.165, 1.54) is 11.9 Å². The molecule has 0 fully saturated rings. The van der Waals surface area contributed by atoms with Gasteiger partial charge in [0.15, 0.2) is 0 Å². The van der Waals surface area contributed by atoms with E-state index in [0.717, 1.165) is 21.7 Å². The van der Waals surface area contributed by atoms with E-state index in [1.54, 1.807) is 12.1 Å². The normalized spacial score (nSPS) is 13.0. The Bertz CT molecular complexity index is 837. The lowest BCUT2D eigenvalue weighted by atomic mass is 10.1. The minimum atomic E-state index is -0.594. The molecule has 0 aliphatic carbocycles. The summed E-state index contributed by atoms with van der Waals surface area (Å²) in [7, 11) is 0. The topological polar surface area (TPSA) is 96.9 Å². The average Bonchev–Trinajstić information content (AvgIpc) is 2.61. The van der Waals surface area contributed by atoms with Crippen molar-refractivity contribution in [3.8, 4) is 0 Å². The molecule has 3 rings (SSSR count). The number of aliphatic imine (C=N–C) groups is 1. The fourth-order valence-corrected chi connectivity index (χ4v) is 2.95. The van der Waals surface area contributed by atoms with Gasteiger partial charge in [0.05, 0.1) is 5.70 Å². The second kappa shape index (κ2) is 7.76. The number of carbonyl (C=O) groups is 1. The Hall–Kier alpha value is -2.64. The Morgan fingerprint density at radius 2 is 1.88 bits per heavy atom. The van der Waals surface area contributed by atoms with Gasteiger partial charge >= 0.3 is 0 Å². The average molecular weight is 361 g/mol. The number of rotatable bonds is 2. The van der Waals surface area contributed by atoms with Crippen LogP contribution < -0.4 is 10.5 Å². The number of amides is 1. The molecule has 1 aliphatic rings. The molecule has 0 radical (unpaired) electrons. The molecule has 2 aromatic rings. The zero-order valence-electron chi connectivity index (χ0n) is 12.3. The van der Waals surface area contributed by atoms with Crippen LogP contribution in [0.5, 0.6) is 0 Å². The van der Waals surface area contributed by atoms with Crippen molar-refractivity contribution in [3.05, 3.63) is 70.1 Å². The Balaban J connectivity index is 0.00000208. The number of nitrogens with zero attached hydrogens (tertiary/aromatic N) is 2. The van der Waals surface area contributed by atoms with Gasteiger partial charge in [-0.1, -0.05) is 36.4 Å². The van der Waals surface area contributed by atoms with E-state index in [1.807, 2.05) is 42.5 Å². The molecule has 8 heteroatoms. The van der Waals surface area contributed by atoms with Crippen LogP contribution >= 0.6 is 24.4 Å².